The lowest BCUT2D eigenvalue weighted by Crippen LogP contribution is -2.58. The highest BCUT2D eigenvalue weighted by atomic mass is 16.9. The third-order valence-electron chi connectivity index (χ3n) is 13.0. The Morgan fingerprint density at radius 2 is 1.76 bits per heavy atom. The van der Waals surface area contributed by atoms with Crippen LogP contribution in [0.4, 0.5) is 0 Å². The minimum Gasteiger partial charge on any atom is -0.493 e. The van der Waals surface area contributed by atoms with Gasteiger partial charge >= 0.3 is 11.9 Å². The number of carbonyl (C=O) groups excluding carboxylic acids is 2. The second-order valence-electron chi connectivity index (χ2n) is 15.6. The second-order valence-corrected chi connectivity index (χ2v) is 15.6. The van der Waals surface area contributed by atoms with Crippen LogP contribution in [0.1, 0.15) is 103 Å². The Labute approximate surface area is 289 Å². The average Bonchev–Trinajstić information content (AvgIpc) is 3.42. The van der Waals surface area contributed by atoms with E-state index in [2.05, 4.69) is 25.6 Å². The minimum atomic E-state index is -0.853. The maximum absolute atomic E-state index is 13.0. The summed E-state index contributed by atoms with van der Waals surface area (Å²) in [5, 5.41) is 31.2. The zero-order chi connectivity index (χ0) is 35.3. The van der Waals surface area contributed by atoms with Crippen LogP contribution in [0.25, 0.3) is 6.08 Å². The van der Waals surface area contributed by atoms with E-state index in [9.17, 15) is 29.9 Å². The van der Waals surface area contributed by atoms with Gasteiger partial charge in [-0.1, -0.05) is 26.8 Å². The summed E-state index contributed by atoms with van der Waals surface area (Å²) in [7, 11) is 1.49. The smallest absolute Gasteiger partial charge is 0.330 e. The number of fused-ring (bicyclic) bond motifs is 5. The molecule has 0 aromatic heterocycles. The molecule has 0 bridgehead atoms. The van der Waals surface area contributed by atoms with Crippen molar-refractivity contribution in [1.82, 2.24) is 0 Å². The van der Waals surface area contributed by atoms with Crippen molar-refractivity contribution in [2.24, 2.45) is 46.3 Å². The molecule has 10 atom stereocenters. The predicted molar refractivity (Wildman–Crippen MR) is 182 cm³/mol. The molecule has 4 aliphatic carbocycles. The number of methoxy groups -OCH3 is 1. The molecule has 4 saturated carbocycles. The number of rotatable bonds is 14. The molecule has 0 radical (unpaired) electrons. The molecule has 5 rings (SSSR count). The van der Waals surface area contributed by atoms with E-state index >= 15 is 0 Å². The van der Waals surface area contributed by atoms with E-state index in [-0.39, 0.29) is 42.2 Å². The minimum absolute atomic E-state index is 0.0447. The second kappa shape index (κ2) is 15.8. The van der Waals surface area contributed by atoms with Crippen molar-refractivity contribution >= 4 is 18.0 Å². The van der Waals surface area contributed by atoms with Crippen molar-refractivity contribution in [3.05, 3.63) is 40.0 Å². The Morgan fingerprint density at radius 3 is 2.51 bits per heavy atom. The number of hydrogen-bond acceptors (Lipinski definition) is 10. The number of hydrogen-bond donors (Lipinski definition) is 2. The van der Waals surface area contributed by atoms with Gasteiger partial charge in [0.2, 0.25) is 0 Å². The van der Waals surface area contributed by atoms with Crippen molar-refractivity contribution in [2.75, 3.05) is 20.3 Å². The topological polar surface area (TPSA) is 155 Å². The molecule has 0 heterocycles. The van der Waals surface area contributed by atoms with E-state index < -0.39 is 11.1 Å². The maximum atomic E-state index is 13.0. The van der Waals surface area contributed by atoms with Gasteiger partial charge in [-0.05, 0) is 141 Å². The summed E-state index contributed by atoms with van der Waals surface area (Å²) in [6, 6.07) is 5.05. The summed E-state index contributed by atoms with van der Waals surface area (Å²) in [5.41, 5.74) is 1.02. The lowest BCUT2D eigenvalue weighted by Gasteiger charge is -2.62. The van der Waals surface area contributed by atoms with Crippen molar-refractivity contribution in [2.45, 2.75) is 110 Å². The van der Waals surface area contributed by atoms with E-state index in [1.165, 1.54) is 13.2 Å². The third-order valence-corrected chi connectivity index (χ3v) is 13.0. The third kappa shape index (κ3) is 8.25. The zero-order valence-corrected chi connectivity index (χ0v) is 29.5. The first-order valence-electron chi connectivity index (χ1n) is 18.2. The fourth-order valence-corrected chi connectivity index (χ4v) is 10.5. The molecular weight excluding hydrogens is 630 g/mol. The van der Waals surface area contributed by atoms with E-state index in [1.54, 1.807) is 24.3 Å². The van der Waals surface area contributed by atoms with Gasteiger partial charge in [0, 0.05) is 12.5 Å². The van der Waals surface area contributed by atoms with Gasteiger partial charge in [0.15, 0.2) is 11.5 Å². The molecule has 0 spiro atoms. The first-order chi connectivity index (χ1) is 23.4. The highest BCUT2D eigenvalue weighted by molar-refractivity contribution is 5.87. The summed E-state index contributed by atoms with van der Waals surface area (Å²) in [5.74, 6) is 2.41. The van der Waals surface area contributed by atoms with E-state index in [4.69, 9.17) is 14.2 Å². The molecule has 2 N–H and O–H groups in total. The van der Waals surface area contributed by atoms with E-state index in [0.717, 1.165) is 57.8 Å². The van der Waals surface area contributed by atoms with Gasteiger partial charge in [-0.15, -0.1) is 10.1 Å². The van der Waals surface area contributed by atoms with Crippen LogP contribution in [0.2, 0.25) is 0 Å². The highest BCUT2D eigenvalue weighted by Gasteiger charge is 2.62. The molecule has 1 aromatic carbocycles. The van der Waals surface area contributed by atoms with Crippen molar-refractivity contribution < 1.29 is 43.9 Å². The summed E-state index contributed by atoms with van der Waals surface area (Å²) >= 11 is 0. The van der Waals surface area contributed by atoms with Crippen LogP contribution >= 0.6 is 0 Å². The first kappa shape index (κ1) is 37.1. The number of aliphatic hydroxyl groups is 2. The molecule has 1 aromatic rings. The molecule has 4 fully saturated rings. The number of esters is 2. The zero-order valence-electron chi connectivity index (χ0n) is 29.5. The Bertz CT molecular complexity index is 1370. The van der Waals surface area contributed by atoms with E-state index in [1.807, 2.05) is 0 Å². The van der Waals surface area contributed by atoms with Crippen molar-refractivity contribution in [1.29, 1.82) is 0 Å². The molecule has 49 heavy (non-hydrogen) atoms. The highest BCUT2D eigenvalue weighted by Crippen LogP contribution is 2.68. The van der Waals surface area contributed by atoms with Crippen LogP contribution in [-0.4, -0.2) is 59.8 Å². The number of nitrogens with zero attached hydrogens (tertiary/aromatic N) is 1. The number of aliphatic hydroxyl groups excluding tert-OH is 2. The van der Waals surface area contributed by atoms with Gasteiger partial charge in [-0.25, -0.2) is 4.79 Å². The van der Waals surface area contributed by atoms with Gasteiger partial charge in [0.1, 0.15) is 0 Å². The summed E-state index contributed by atoms with van der Waals surface area (Å²) in [6.45, 7) is 7.24. The van der Waals surface area contributed by atoms with Crippen LogP contribution < -0.4 is 9.47 Å². The quantitative estimate of drug-likeness (QED) is 0.0550. The SMILES string of the molecule is COc1cc(/C=C\C(=O)OCCCCO[N+](=O)[O-])ccc1OC(=O)CC[C@H](C)[C@H]1CC[C@H]2[C@H]3[C@@H](CC[C@]12C)[C@@]1(C)CC[C@@H](O)C[C@H]1C[C@@H]3O. The van der Waals surface area contributed by atoms with Crippen molar-refractivity contribution in [3.8, 4) is 11.5 Å². The Balaban J connectivity index is 1.11. The predicted octanol–water partition coefficient (Wildman–Crippen LogP) is 6.55. The lowest BCUT2D eigenvalue weighted by molar-refractivity contribution is -0.757. The molecular formula is C38H55NO10. The molecule has 0 amide bonds. The summed E-state index contributed by atoms with van der Waals surface area (Å²) in [6.07, 6.45) is 12.3. The molecule has 0 aliphatic heterocycles. The number of benzene rings is 1. The molecule has 0 saturated heterocycles. The van der Waals surface area contributed by atoms with Crippen LogP contribution in [0.5, 0.6) is 11.5 Å². The standard InChI is InChI=1S/C38H55NO10/c1-24(28-10-11-29-36-30(16-18-38(28,29)3)37(2)17-15-27(40)22-26(37)23-31(36)41)7-13-35(43)49-32-12-8-25(21-33(32)46-4)9-14-34(42)47-19-5-6-20-48-39(44)45/h8-9,12,14,21,24,26-31,36,40-41H,5-7,10-11,13,15-20,22-23H2,1-4H3/b14-9-/t24-,26-,27+,28+,29-,30+,31-,36-,37-,38+/m0/s1. The van der Waals surface area contributed by atoms with Gasteiger partial charge in [0.05, 0.1) is 32.5 Å². The van der Waals surface area contributed by atoms with Crippen LogP contribution in [0.3, 0.4) is 0 Å². The summed E-state index contributed by atoms with van der Waals surface area (Å²) in [4.78, 5) is 39.4. The Morgan fingerprint density at radius 1 is 1.02 bits per heavy atom. The Hall–Kier alpha value is -3.18. The molecule has 11 heteroatoms. The van der Waals surface area contributed by atoms with Crippen molar-refractivity contribution in [3.63, 3.8) is 0 Å². The lowest BCUT2D eigenvalue weighted by atomic mass is 9.43. The van der Waals surface area contributed by atoms with E-state index in [0.29, 0.717) is 71.8 Å². The first-order valence-corrected chi connectivity index (χ1v) is 18.2. The van der Waals surface area contributed by atoms with Gasteiger partial charge in [-0.3, -0.25) is 4.79 Å². The number of ether oxygens (including phenoxy) is 3. The Kier molecular flexibility index (Phi) is 12.0. The summed E-state index contributed by atoms with van der Waals surface area (Å²) < 4.78 is 16.3. The number of carbonyl (C=O) groups is 2. The molecule has 11 nitrogen and oxygen atoms in total. The fourth-order valence-electron chi connectivity index (χ4n) is 10.5. The monoisotopic (exact) mass is 685 g/mol. The molecule has 272 valence electrons. The van der Waals surface area contributed by atoms with Crippen LogP contribution in [-0.2, 0) is 19.2 Å². The van der Waals surface area contributed by atoms with Gasteiger partial charge < -0.3 is 29.3 Å². The largest absolute Gasteiger partial charge is 0.493 e. The molecule has 4 aliphatic rings. The van der Waals surface area contributed by atoms with Crippen LogP contribution in [0, 0.1) is 56.5 Å². The van der Waals surface area contributed by atoms with Gasteiger partial charge in [-0.2, -0.15) is 0 Å². The number of unbranched alkanes of at least 4 members (excludes halogenated alkanes) is 1. The maximum Gasteiger partial charge on any atom is 0.330 e. The average molecular weight is 686 g/mol. The molecule has 0 unspecified atom stereocenters. The van der Waals surface area contributed by atoms with Gasteiger partial charge in [0.25, 0.3) is 5.09 Å². The van der Waals surface area contributed by atoms with Crippen LogP contribution in [0.15, 0.2) is 24.3 Å². The normalized spacial score (nSPS) is 34.3. The fraction of sp³-hybridized carbons (Fsp3) is 0.737.